The highest BCUT2D eigenvalue weighted by atomic mass is 16.7. The number of rotatable bonds is 24. The van der Waals surface area contributed by atoms with Crippen molar-refractivity contribution in [2.75, 3.05) is 26.3 Å². The molecule has 430 valence electrons. The van der Waals surface area contributed by atoms with Gasteiger partial charge in [-0.3, -0.25) is 0 Å². The Morgan fingerprint density at radius 1 is 0.423 bits per heavy atom. The maximum Gasteiger partial charge on any atom is 0.410 e. The standard InChI is InChI=1S/C36H53NO7.C28H39NO5/c1-24-26(3)32(38)34(42-28(24)5)44-33-27(4)25(2)29(6)43-35(33)40-21-15-9-14-20-37(22-30-16-10-7-11-17-30)36(39)41-23-31-18-12-8-13-19-31;1-21-22(2)26(30)27(34-23(21)3)32-18-12-6-11-17-29(19-24-13-7-4-8-14-24)28(31)33-20-25-15-9-5-10-16-25/h7-8,10-13,16-19,24-29,32-35,38H,9,14-15,20-23H2,1-6H3;4-5,7-10,13-16,21-23,26-27,30H,6,11-12,17-20H2,1-3H3/t24-,25-,26?,27?,28+,29+,32?,33?,34+,35-;21-,22?,23+,26?,27-/m11/s1. The van der Waals surface area contributed by atoms with Gasteiger partial charge in [-0.25, -0.2) is 9.59 Å². The predicted molar refractivity (Wildman–Crippen MR) is 301 cm³/mol. The van der Waals surface area contributed by atoms with Gasteiger partial charge in [0.2, 0.25) is 0 Å². The third-order valence-corrected chi connectivity index (χ3v) is 16.5. The summed E-state index contributed by atoms with van der Waals surface area (Å²) in [4.78, 5) is 29.4. The lowest BCUT2D eigenvalue weighted by atomic mass is 9.83. The third kappa shape index (κ3) is 19.1. The maximum absolute atomic E-state index is 13.0. The molecule has 6 unspecified atom stereocenters. The van der Waals surface area contributed by atoms with E-state index in [4.69, 9.17) is 37.9 Å². The van der Waals surface area contributed by atoms with Crippen LogP contribution in [-0.4, -0.2) is 114 Å². The minimum atomic E-state index is -0.712. The highest BCUT2D eigenvalue weighted by molar-refractivity contribution is 5.68. The molecular formula is C64H92N2O12. The lowest BCUT2D eigenvalue weighted by Crippen LogP contribution is -2.56. The molecule has 0 saturated carbocycles. The lowest BCUT2D eigenvalue weighted by Gasteiger charge is -2.47. The molecular weight excluding hydrogens is 989 g/mol. The number of hydrogen-bond donors (Lipinski definition) is 2. The molecule has 15 atom stereocenters. The van der Waals surface area contributed by atoms with Gasteiger partial charge in [0.1, 0.15) is 31.5 Å². The van der Waals surface area contributed by atoms with Crippen molar-refractivity contribution in [2.45, 2.75) is 183 Å². The van der Waals surface area contributed by atoms with E-state index in [1.165, 1.54) is 0 Å². The van der Waals surface area contributed by atoms with Crippen LogP contribution in [0.5, 0.6) is 0 Å². The SMILES string of the molecule is CC1C(O)[C@H](OC2C(C)[C@@H](C)[C@H](C)O[C@H]2OCCCCCN(Cc2ccccc2)C(=O)OCc2ccccc2)O[C@@H](C)[C@@H]1C.CC1C(O)[C@H](OCCCCCN(Cc2ccccc2)C(=O)OCc2ccccc2)O[C@@H](C)[C@@H]1C. The van der Waals surface area contributed by atoms with Crippen molar-refractivity contribution in [3.8, 4) is 0 Å². The summed E-state index contributed by atoms with van der Waals surface area (Å²) in [5.41, 5.74) is 4.07. The average Bonchev–Trinajstić information content (AvgIpc) is 3.45. The molecule has 0 aliphatic carbocycles. The van der Waals surface area contributed by atoms with Gasteiger partial charge in [0.25, 0.3) is 0 Å². The Labute approximate surface area is 466 Å². The third-order valence-electron chi connectivity index (χ3n) is 16.5. The monoisotopic (exact) mass is 1080 g/mol. The molecule has 14 heteroatoms. The summed E-state index contributed by atoms with van der Waals surface area (Å²) >= 11 is 0. The van der Waals surface area contributed by atoms with E-state index < -0.39 is 31.1 Å². The van der Waals surface area contributed by atoms with Crippen LogP contribution in [0.25, 0.3) is 0 Å². The van der Waals surface area contributed by atoms with Crippen molar-refractivity contribution < 1.29 is 57.7 Å². The molecule has 0 radical (unpaired) electrons. The van der Waals surface area contributed by atoms with Gasteiger partial charge in [-0.05, 0) is 117 Å². The molecule has 3 heterocycles. The number of hydrogen-bond acceptors (Lipinski definition) is 12. The van der Waals surface area contributed by atoms with Crippen molar-refractivity contribution in [1.29, 1.82) is 0 Å². The Morgan fingerprint density at radius 2 is 0.769 bits per heavy atom. The molecule has 0 bridgehead atoms. The van der Waals surface area contributed by atoms with Crippen molar-refractivity contribution in [3.05, 3.63) is 144 Å². The van der Waals surface area contributed by atoms with Crippen LogP contribution in [0, 0.1) is 35.5 Å². The summed E-state index contributed by atoms with van der Waals surface area (Å²) in [5, 5.41) is 21.3. The second kappa shape index (κ2) is 32.4. The molecule has 2 amide bonds. The highest BCUT2D eigenvalue weighted by Crippen LogP contribution is 2.38. The number of aliphatic hydroxyl groups is 2. The molecule has 0 spiro atoms. The quantitative estimate of drug-likeness (QED) is 0.0642. The first-order chi connectivity index (χ1) is 37.6. The second-order valence-corrected chi connectivity index (χ2v) is 22.1. The van der Waals surface area contributed by atoms with Crippen LogP contribution in [0.2, 0.25) is 0 Å². The first kappa shape index (κ1) is 62.3. The lowest BCUT2D eigenvalue weighted by molar-refractivity contribution is -0.341. The molecule has 3 saturated heterocycles. The Morgan fingerprint density at radius 3 is 1.19 bits per heavy atom. The Balaban J connectivity index is 0.000000261. The topological polar surface area (TPSA) is 155 Å². The molecule has 4 aromatic rings. The van der Waals surface area contributed by atoms with Crippen LogP contribution in [0.15, 0.2) is 121 Å². The van der Waals surface area contributed by atoms with Gasteiger partial charge in [0.05, 0.1) is 18.3 Å². The summed E-state index contributed by atoms with van der Waals surface area (Å²) in [6.45, 7) is 22.5. The smallest absolute Gasteiger partial charge is 0.410 e. The maximum atomic E-state index is 13.0. The number of nitrogens with zero attached hydrogens (tertiary/aromatic N) is 2. The largest absolute Gasteiger partial charge is 0.445 e. The molecule has 3 aliphatic rings. The number of ether oxygens (including phenoxy) is 8. The van der Waals surface area contributed by atoms with E-state index in [-0.39, 0.29) is 79.4 Å². The van der Waals surface area contributed by atoms with Crippen molar-refractivity contribution in [2.24, 2.45) is 35.5 Å². The minimum absolute atomic E-state index is 0.00833. The van der Waals surface area contributed by atoms with Crippen molar-refractivity contribution in [1.82, 2.24) is 9.80 Å². The van der Waals surface area contributed by atoms with Crippen LogP contribution in [-0.2, 0) is 64.2 Å². The van der Waals surface area contributed by atoms with Crippen LogP contribution in [0.1, 0.15) is 123 Å². The van der Waals surface area contributed by atoms with Gasteiger partial charge in [0.15, 0.2) is 18.9 Å². The zero-order valence-corrected chi connectivity index (χ0v) is 48.0. The van der Waals surface area contributed by atoms with Crippen LogP contribution in [0.3, 0.4) is 0 Å². The van der Waals surface area contributed by atoms with E-state index in [0.29, 0.717) is 45.3 Å². The molecule has 3 fully saturated rings. The molecule has 78 heavy (non-hydrogen) atoms. The van der Waals surface area contributed by atoms with Gasteiger partial charge in [0, 0.05) is 39.4 Å². The van der Waals surface area contributed by atoms with Gasteiger partial charge in [-0.2, -0.15) is 0 Å². The Hall–Kier alpha value is -4.90. The molecule has 7 rings (SSSR count). The zero-order chi connectivity index (χ0) is 56.0. The van der Waals surface area contributed by atoms with Crippen LogP contribution in [0.4, 0.5) is 9.59 Å². The van der Waals surface area contributed by atoms with Gasteiger partial charge >= 0.3 is 12.2 Å². The molecule has 2 N–H and O–H groups in total. The number of aliphatic hydroxyl groups excluding tert-OH is 2. The summed E-state index contributed by atoms with van der Waals surface area (Å²) in [6.07, 6.45) is 1.09. The number of unbranched alkanes of at least 4 members (excludes halogenated alkanes) is 4. The molecule has 4 aromatic carbocycles. The second-order valence-electron chi connectivity index (χ2n) is 22.1. The van der Waals surface area contributed by atoms with E-state index in [1.54, 1.807) is 9.80 Å². The highest BCUT2D eigenvalue weighted by Gasteiger charge is 2.47. The molecule has 14 nitrogen and oxygen atoms in total. The van der Waals surface area contributed by atoms with Crippen LogP contribution < -0.4 is 0 Å². The number of benzene rings is 4. The number of amides is 2. The fourth-order valence-corrected chi connectivity index (χ4v) is 10.2. The van der Waals surface area contributed by atoms with Crippen LogP contribution >= 0.6 is 0 Å². The zero-order valence-electron chi connectivity index (χ0n) is 48.0. The first-order valence-corrected chi connectivity index (χ1v) is 28.8. The summed E-state index contributed by atoms with van der Waals surface area (Å²) in [7, 11) is 0. The van der Waals surface area contributed by atoms with E-state index in [9.17, 15) is 19.8 Å². The first-order valence-electron chi connectivity index (χ1n) is 28.8. The number of carbonyl (C=O) groups is 2. The Bertz CT molecular complexity index is 2280. The van der Waals surface area contributed by atoms with E-state index in [0.717, 1.165) is 60.8 Å². The fourth-order valence-electron chi connectivity index (χ4n) is 10.2. The van der Waals surface area contributed by atoms with E-state index in [2.05, 4.69) is 34.6 Å². The summed E-state index contributed by atoms with van der Waals surface area (Å²) in [5.74, 6) is 1.18. The summed E-state index contributed by atoms with van der Waals surface area (Å²) in [6, 6.07) is 39.4. The summed E-state index contributed by atoms with van der Waals surface area (Å²) < 4.78 is 48.0. The van der Waals surface area contributed by atoms with Gasteiger partial charge < -0.3 is 57.9 Å². The normalized spacial score (nSPS) is 28.9. The van der Waals surface area contributed by atoms with E-state index >= 15 is 0 Å². The number of carbonyl (C=O) groups excluding carboxylic acids is 2. The average molecular weight is 1080 g/mol. The molecule has 0 aromatic heterocycles. The predicted octanol–water partition coefficient (Wildman–Crippen LogP) is 12.2. The fraction of sp³-hybridized carbons (Fsp3) is 0.594. The molecule has 3 aliphatic heterocycles. The van der Waals surface area contributed by atoms with Gasteiger partial charge in [-0.1, -0.05) is 163 Å². The van der Waals surface area contributed by atoms with Crippen molar-refractivity contribution >= 4 is 12.2 Å². The van der Waals surface area contributed by atoms with E-state index in [1.807, 2.05) is 149 Å². The van der Waals surface area contributed by atoms with Gasteiger partial charge in [-0.15, -0.1) is 0 Å². The van der Waals surface area contributed by atoms with Crippen molar-refractivity contribution in [3.63, 3.8) is 0 Å². The Kier molecular flexibility index (Phi) is 25.9. The minimum Gasteiger partial charge on any atom is -0.445 e.